The van der Waals surface area contributed by atoms with E-state index in [1.165, 1.54) is 0 Å². The van der Waals surface area contributed by atoms with Crippen molar-refractivity contribution in [1.29, 1.82) is 0 Å². The summed E-state index contributed by atoms with van der Waals surface area (Å²) in [5.41, 5.74) is 5.31. The molecule has 1 heterocycles. The van der Waals surface area contributed by atoms with E-state index in [-0.39, 0.29) is 12.0 Å². The van der Waals surface area contributed by atoms with Gasteiger partial charge in [-0.15, -0.1) is 11.3 Å². The highest BCUT2D eigenvalue weighted by atomic mass is 32.1. The molecule has 0 fully saturated rings. The van der Waals surface area contributed by atoms with Crippen LogP contribution in [0.25, 0.3) is 0 Å². The summed E-state index contributed by atoms with van der Waals surface area (Å²) in [5.74, 6) is 0. The van der Waals surface area contributed by atoms with Gasteiger partial charge in [0.25, 0.3) is 0 Å². The number of thiophene rings is 1. The predicted molar refractivity (Wildman–Crippen MR) is 47.8 cm³/mol. The summed E-state index contributed by atoms with van der Waals surface area (Å²) in [4.78, 5) is 1.16. The number of hydrogen-bond donors (Lipinski definition) is 2. The van der Waals surface area contributed by atoms with Crippen LogP contribution in [-0.2, 0) is 5.41 Å². The van der Waals surface area contributed by atoms with Crippen molar-refractivity contribution in [2.24, 2.45) is 5.73 Å². The van der Waals surface area contributed by atoms with Gasteiger partial charge < -0.3 is 10.8 Å². The molecule has 1 unspecified atom stereocenters. The summed E-state index contributed by atoms with van der Waals surface area (Å²) in [6, 6.07) is 3.98. The van der Waals surface area contributed by atoms with Gasteiger partial charge in [0.05, 0.1) is 6.61 Å². The molecule has 62 valence electrons. The Morgan fingerprint density at radius 1 is 1.73 bits per heavy atom. The van der Waals surface area contributed by atoms with E-state index in [2.05, 4.69) is 0 Å². The van der Waals surface area contributed by atoms with Crippen LogP contribution in [-0.4, -0.2) is 18.3 Å². The second-order valence-electron chi connectivity index (χ2n) is 2.90. The summed E-state index contributed by atoms with van der Waals surface area (Å²) >= 11 is 1.64. The predicted octanol–water partition coefficient (Wildman–Crippen LogP) is 0.957. The summed E-state index contributed by atoms with van der Waals surface area (Å²) in [7, 11) is 0. The van der Waals surface area contributed by atoms with Crippen molar-refractivity contribution >= 4 is 11.3 Å². The van der Waals surface area contributed by atoms with E-state index in [0.717, 1.165) is 4.88 Å². The fourth-order valence-corrected chi connectivity index (χ4v) is 1.76. The Morgan fingerprint density at radius 2 is 2.45 bits per heavy atom. The Bertz CT molecular complexity index is 204. The molecule has 1 atom stereocenters. The molecule has 0 saturated heterocycles. The first-order valence-electron chi connectivity index (χ1n) is 3.58. The first-order chi connectivity index (χ1) is 5.23. The van der Waals surface area contributed by atoms with Gasteiger partial charge in [-0.3, -0.25) is 0 Å². The zero-order valence-corrected chi connectivity index (χ0v) is 7.40. The molecule has 0 aliphatic carbocycles. The van der Waals surface area contributed by atoms with Crippen LogP contribution in [0.4, 0.5) is 0 Å². The van der Waals surface area contributed by atoms with E-state index in [0.29, 0.717) is 6.54 Å². The number of hydrogen-bond acceptors (Lipinski definition) is 3. The van der Waals surface area contributed by atoms with Crippen LogP contribution in [0.3, 0.4) is 0 Å². The van der Waals surface area contributed by atoms with Gasteiger partial charge in [0.1, 0.15) is 0 Å². The van der Waals surface area contributed by atoms with Crippen LogP contribution in [0.15, 0.2) is 17.5 Å². The van der Waals surface area contributed by atoms with Crippen molar-refractivity contribution in [3.63, 3.8) is 0 Å². The van der Waals surface area contributed by atoms with Crippen LogP contribution in [0, 0.1) is 0 Å². The van der Waals surface area contributed by atoms with Crippen LogP contribution >= 0.6 is 11.3 Å². The lowest BCUT2D eigenvalue weighted by Crippen LogP contribution is -2.34. The molecule has 11 heavy (non-hydrogen) atoms. The van der Waals surface area contributed by atoms with Crippen LogP contribution < -0.4 is 5.73 Å². The van der Waals surface area contributed by atoms with Gasteiger partial charge in [-0.2, -0.15) is 0 Å². The van der Waals surface area contributed by atoms with Crippen LogP contribution in [0.2, 0.25) is 0 Å². The Balaban J connectivity index is 2.87. The van der Waals surface area contributed by atoms with Crippen molar-refractivity contribution in [2.75, 3.05) is 13.2 Å². The highest BCUT2D eigenvalue weighted by Crippen LogP contribution is 2.25. The molecule has 0 aliphatic rings. The summed E-state index contributed by atoms with van der Waals surface area (Å²) in [6.45, 7) is 2.58. The Hall–Kier alpha value is -0.380. The Labute approximate surface area is 70.7 Å². The first kappa shape index (κ1) is 8.71. The molecule has 0 spiro atoms. The second kappa shape index (κ2) is 3.34. The molecule has 0 bridgehead atoms. The smallest absolute Gasteiger partial charge is 0.0545 e. The number of aliphatic hydroxyl groups excluding tert-OH is 1. The minimum absolute atomic E-state index is 0.115. The molecule has 1 rings (SSSR count). The quantitative estimate of drug-likeness (QED) is 0.711. The molecule has 0 aromatic carbocycles. The Morgan fingerprint density at radius 3 is 2.82 bits per heavy atom. The molecular formula is C8H13NOS. The van der Waals surface area contributed by atoms with Gasteiger partial charge in [0.2, 0.25) is 0 Å². The maximum Gasteiger partial charge on any atom is 0.0545 e. The van der Waals surface area contributed by atoms with Gasteiger partial charge >= 0.3 is 0 Å². The topological polar surface area (TPSA) is 46.2 Å². The van der Waals surface area contributed by atoms with Crippen molar-refractivity contribution in [1.82, 2.24) is 0 Å². The average Bonchev–Trinajstić information content (AvgIpc) is 2.55. The highest BCUT2D eigenvalue weighted by Gasteiger charge is 2.24. The molecule has 0 amide bonds. The Kier molecular flexibility index (Phi) is 2.65. The monoisotopic (exact) mass is 171 g/mol. The lowest BCUT2D eigenvalue weighted by Gasteiger charge is -2.23. The number of nitrogens with two attached hydrogens (primary N) is 1. The maximum atomic E-state index is 9.08. The van der Waals surface area contributed by atoms with E-state index >= 15 is 0 Å². The van der Waals surface area contributed by atoms with Crippen molar-refractivity contribution in [3.05, 3.63) is 22.4 Å². The van der Waals surface area contributed by atoms with E-state index in [1.54, 1.807) is 11.3 Å². The molecule has 1 aromatic rings. The highest BCUT2D eigenvalue weighted by molar-refractivity contribution is 7.10. The van der Waals surface area contributed by atoms with E-state index in [9.17, 15) is 0 Å². The van der Waals surface area contributed by atoms with Gasteiger partial charge in [-0.05, 0) is 11.4 Å². The summed E-state index contributed by atoms with van der Waals surface area (Å²) in [6.07, 6.45) is 0. The van der Waals surface area contributed by atoms with Crippen LogP contribution in [0.5, 0.6) is 0 Å². The number of rotatable bonds is 3. The van der Waals surface area contributed by atoms with Gasteiger partial charge in [-0.1, -0.05) is 13.0 Å². The van der Waals surface area contributed by atoms with E-state index < -0.39 is 0 Å². The lowest BCUT2D eigenvalue weighted by atomic mass is 9.90. The molecule has 2 nitrogen and oxygen atoms in total. The standard InChI is InChI=1S/C8H13NOS/c1-8(5-9,6-10)7-3-2-4-11-7/h2-4,10H,5-6,9H2,1H3. The second-order valence-corrected chi connectivity index (χ2v) is 3.85. The van der Waals surface area contributed by atoms with Crippen molar-refractivity contribution < 1.29 is 5.11 Å². The third-order valence-corrected chi connectivity index (χ3v) is 3.09. The van der Waals surface area contributed by atoms with Gasteiger partial charge in [0, 0.05) is 16.8 Å². The molecule has 3 heteroatoms. The molecule has 0 saturated carbocycles. The minimum Gasteiger partial charge on any atom is -0.395 e. The van der Waals surface area contributed by atoms with Crippen molar-refractivity contribution in [2.45, 2.75) is 12.3 Å². The molecule has 3 N–H and O–H groups in total. The fourth-order valence-electron chi connectivity index (χ4n) is 0.865. The zero-order valence-electron chi connectivity index (χ0n) is 6.58. The molecular weight excluding hydrogens is 158 g/mol. The zero-order chi connectivity index (χ0) is 8.32. The first-order valence-corrected chi connectivity index (χ1v) is 4.46. The third kappa shape index (κ3) is 1.61. The van der Waals surface area contributed by atoms with E-state index in [1.807, 2.05) is 24.4 Å². The molecule has 0 aliphatic heterocycles. The normalized spacial score (nSPS) is 16.3. The average molecular weight is 171 g/mol. The minimum atomic E-state index is -0.242. The fraction of sp³-hybridized carbons (Fsp3) is 0.500. The molecule has 0 radical (unpaired) electrons. The number of aliphatic hydroxyl groups is 1. The maximum absolute atomic E-state index is 9.08. The molecule has 1 aromatic heterocycles. The van der Waals surface area contributed by atoms with E-state index in [4.69, 9.17) is 10.8 Å². The summed E-state index contributed by atoms with van der Waals surface area (Å²) in [5, 5.41) is 11.1. The lowest BCUT2D eigenvalue weighted by molar-refractivity contribution is 0.213. The van der Waals surface area contributed by atoms with Crippen molar-refractivity contribution in [3.8, 4) is 0 Å². The van der Waals surface area contributed by atoms with Crippen LogP contribution in [0.1, 0.15) is 11.8 Å². The SMILES string of the molecule is CC(CN)(CO)c1cccs1. The summed E-state index contributed by atoms with van der Waals surface area (Å²) < 4.78 is 0. The van der Waals surface area contributed by atoms with Gasteiger partial charge in [-0.25, -0.2) is 0 Å². The third-order valence-electron chi connectivity index (χ3n) is 1.92. The largest absolute Gasteiger partial charge is 0.395 e. The van der Waals surface area contributed by atoms with Gasteiger partial charge in [0.15, 0.2) is 0 Å².